The first kappa shape index (κ1) is 12.9. The highest BCUT2D eigenvalue weighted by atomic mass is 16.7. The molecule has 1 aliphatic heterocycles. The molecule has 0 aromatic rings. The summed E-state index contributed by atoms with van der Waals surface area (Å²) in [6, 6.07) is 0. The van der Waals surface area contributed by atoms with Gasteiger partial charge in [-0.1, -0.05) is 33.1 Å². The molecule has 3 heteroatoms. The molecule has 0 bridgehead atoms. The molecular weight excluding hydrogens is 216 g/mol. The Labute approximate surface area is 104 Å². The maximum atomic E-state index is 12.0. The van der Waals surface area contributed by atoms with Crippen molar-refractivity contribution in [2.24, 2.45) is 11.8 Å². The standard InChI is InChI=1S/C14H24O3/c1-10(2)14(12(15)16-4)13(3,17-14)11-8-6-5-7-9-11/h10-11H,5-9H2,1-4H3. The third-order valence-electron chi connectivity index (χ3n) is 4.75. The molecule has 0 amide bonds. The van der Waals surface area contributed by atoms with E-state index in [0.717, 1.165) is 0 Å². The predicted molar refractivity (Wildman–Crippen MR) is 65.7 cm³/mol. The van der Waals surface area contributed by atoms with E-state index in [-0.39, 0.29) is 17.5 Å². The zero-order chi connectivity index (χ0) is 12.7. The average Bonchev–Trinajstić information content (AvgIpc) is 2.99. The molecule has 2 aliphatic rings. The van der Waals surface area contributed by atoms with Gasteiger partial charge >= 0.3 is 5.97 Å². The summed E-state index contributed by atoms with van der Waals surface area (Å²) in [7, 11) is 1.45. The van der Waals surface area contributed by atoms with E-state index < -0.39 is 5.60 Å². The fourth-order valence-corrected chi connectivity index (χ4v) is 3.67. The van der Waals surface area contributed by atoms with Gasteiger partial charge in [0.15, 0.2) is 5.60 Å². The number of esters is 1. The van der Waals surface area contributed by atoms with Crippen molar-refractivity contribution in [3.63, 3.8) is 0 Å². The zero-order valence-corrected chi connectivity index (χ0v) is 11.4. The topological polar surface area (TPSA) is 38.8 Å². The van der Waals surface area contributed by atoms with Crippen LogP contribution in [0.1, 0.15) is 52.9 Å². The minimum atomic E-state index is -0.691. The van der Waals surface area contributed by atoms with Gasteiger partial charge in [-0.05, 0) is 31.6 Å². The monoisotopic (exact) mass is 240 g/mol. The van der Waals surface area contributed by atoms with Crippen molar-refractivity contribution < 1.29 is 14.3 Å². The smallest absolute Gasteiger partial charge is 0.341 e. The zero-order valence-electron chi connectivity index (χ0n) is 11.4. The van der Waals surface area contributed by atoms with E-state index >= 15 is 0 Å². The number of hydrogen-bond donors (Lipinski definition) is 0. The Balaban J connectivity index is 2.19. The second-order valence-corrected chi connectivity index (χ2v) is 5.93. The van der Waals surface area contributed by atoms with Gasteiger partial charge in [0.2, 0.25) is 0 Å². The second kappa shape index (κ2) is 4.27. The van der Waals surface area contributed by atoms with E-state index in [0.29, 0.717) is 5.92 Å². The van der Waals surface area contributed by atoms with Gasteiger partial charge in [-0.3, -0.25) is 0 Å². The Morgan fingerprint density at radius 1 is 1.29 bits per heavy atom. The number of carbonyl (C=O) groups excluding carboxylic acids is 1. The largest absolute Gasteiger partial charge is 0.467 e. The molecule has 0 aromatic heterocycles. The Kier molecular flexibility index (Phi) is 3.23. The molecule has 98 valence electrons. The summed E-state index contributed by atoms with van der Waals surface area (Å²) >= 11 is 0. The molecule has 2 unspecified atom stereocenters. The lowest BCUT2D eigenvalue weighted by Crippen LogP contribution is -2.42. The van der Waals surface area contributed by atoms with Crippen LogP contribution in [-0.2, 0) is 14.3 Å². The van der Waals surface area contributed by atoms with E-state index in [4.69, 9.17) is 9.47 Å². The van der Waals surface area contributed by atoms with Crippen LogP contribution in [0.3, 0.4) is 0 Å². The van der Waals surface area contributed by atoms with Crippen LogP contribution in [0.15, 0.2) is 0 Å². The van der Waals surface area contributed by atoms with Crippen LogP contribution in [0.2, 0.25) is 0 Å². The van der Waals surface area contributed by atoms with Crippen molar-refractivity contribution in [3.05, 3.63) is 0 Å². The molecule has 2 rings (SSSR count). The third-order valence-corrected chi connectivity index (χ3v) is 4.75. The van der Waals surface area contributed by atoms with Gasteiger partial charge in [-0.2, -0.15) is 0 Å². The summed E-state index contributed by atoms with van der Waals surface area (Å²) in [4.78, 5) is 12.0. The van der Waals surface area contributed by atoms with Crippen molar-refractivity contribution in [1.82, 2.24) is 0 Å². The van der Waals surface area contributed by atoms with Crippen LogP contribution < -0.4 is 0 Å². The SMILES string of the molecule is COC(=O)C1(C(C)C)OC1(C)C1CCCCC1. The highest BCUT2D eigenvalue weighted by Gasteiger charge is 2.76. The van der Waals surface area contributed by atoms with E-state index in [1.165, 1.54) is 39.2 Å². The lowest BCUT2D eigenvalue weighted by atomic mass is 9.72. The van der Waals surface area contributed by atoms with Crippen LogP contribution in [-0.4, -0.2) is 24.3 Å². The summed E-state index contributed by atoms with van der Waals surface area (Å²) in [6.07, 6.45) is 6.21. The molecule has 1 saturated carbocycles. The Morgan fingerprint density at radius 3 is 2.35 bits per heavy atom. The molecule has 1 saturated heterocycles. The van der Waals surface area contributed by atoms with Gasteiger partial charge in [0.05, 0.1) is 7.11 Å². The van der Waals surface area contributed by atoms with E-state index in [1.807, 2.05) is 13.8 Å². The molecule has 1 aliphatic carbocycles. The lowest BCUT2D eigenvalue weighted by molar-refractivity contribution is -0.148. The van der Waals surface area contributed by atoms with Crippen LogP contribution in [0, 0.1) is 11.8 Å². The summed E-state index contributed by atoms with van der Waals surface area (Å²) in [5.41, 5.74) is -0.988. The highest BCUT2D eigenvalue weighted by Crippen LogP contribution is 2.60. The summed E-state index contributed by atoms with van der Waals surface area (Å²) < 4.78 is 10.9. The van der Waals surface area contributed by atoms with E-state index in [2.05, 4.69) is 6.92 Å². The molecule has 0 N–H and O–H groups in total. The molecule has 2 fully saturated rings. The first-order valence-corrected chi connectivity index (χ1v) is 6.77. The van der Waals surface area contributed by atoms with Crippen LogP contribution >= 0.6 is 0 Å². The lowest BCUT2D eigenvalue weighted by Gasteiger charge is -2.28. The first-order chi connectivity index (χ1) is 7.99. The van der Waals surface area contributed by atoms with Crippen molar-refractivity contribution in [2.45, 2.75) is 64.1 Å². The van der Waals surface area contributed by atoms with Gasteiger partial charge in [-0.15, -0.1) is 0 Å². The van der Waals surface area contributed by atoms with Gasteiger partial charge < -0.3 is 9.47 Å². The van der Waals surface area contributed by atoms with Crippen LogP contribution in [0.25, 0.3) is 0 Å². The van der Waals surface area contributed by atoms with Gasteiger partial charge in [0.25, 0.3) is 0 Å². The fourth-order valence-electron chi connectivity index (χ4n) is 3.67. The summed E-state index contributed by atoms with van der Waals surface area (Å²) in [5.74, 6) is 0.486. The number of epoxide rings is 1. The third kappa shape index (κ3) is 1.70. The minimum Gasteiger partial charge on any atom is -0.467 e. The predicted octanol–water partition coefficient (Wildman–Crippen LogP) is 2.92. The molecule has 1 heterocycles. The minimum absolute atomic E-state index is 0.168. The second-order valence-electron chi connectivity index (χ2n) is 5.93. The number of hydrogen-bond acceptors (Lipinski definition) is 3. The van der Waals surface area contributed by atoms with Crippen molar-refractivity contribution >= 4 is 5.97 Å². The molecule has 0 aromatic carbocycles. The molecule has 17 heavy (non-hydrogen) atoms. The molecule has 0 spiro atoms. The Hall–Kier alpha value is -0.570. The van der Waals surface area contributed by atoms with E-state index in [9.17, 15) is 4.79 Å². The molecule has 3 nitrogen and oxygen atoms in total. The normalized spacial score (nSPS) is 38.2. The number of rotatable bonds is 3. The Bertz CT molecular complexity index is 307. The van der Waals surface area contributed by atoms with Crippen molar-refractivity contribution in [2.75, 3.05) is 7.11 Å². The Morgan fingerprint density at radius 2 is 1.88 bits per heavy atom. The van der Waals surface area contributed by atoms with Gasteiger partial charge in [-0.25, -0.2) is 4.79 Å². The molecule has 2 atom stereocenters. The maximum Gasteiger partial charge on any atom is 0.341 e. The van der Waals surface area contributed by atoms with Gasteiger partial charge in [0, 0.05) is 0 Å². The summed E-state index contributed by atoms with van der Waals surface area (Å²) in [5, 5.41) is 0. The fraction of sp³-hybridized carbons (Fsp3) is 0.929. The van der Waals surface area contributed by atoms with Crippen LogP contribution in [0.5, 0.6) is 0 Å². The van der Waals surface area contributed by atoms with E-state index in [1.54, 1.807) is 0 Å². The number of methoxy groups -OCH3 is 1. The van der Waals surface area contributed by atoms with Crippen molar-refractivity contribution in [3.8, 4) is 0 Å². The van der Waals surface area contributed by atoms with Crippen LogP contribution in [0.4, 0.5) is 0 Å². The number of carbonyl (C=O) groups is 1. The highest BCUT2D eigenvalue weighted by molar-refractivity contribution is 5.85. The maximum absolute atomic E-state index is 12.0. The van der Waals surface area contributed by atoms with Gasteiger partial charge in [0.1, 0.15) is 5.60 Å². The first-order valence-electron chi connectivity index (χ1n) is 6.77. The quantitative estimate of drug-likeness (QED) is 0.562. The average molecular weight is 240 g/mol. The summed E-state index contributed by atoms with van der Waals surface area (Å²) in [6.45, 7) is 6.19. The molecule has 0 radical (unpaired) electrons. The molecular formula is C14H24O3. The number of ether oxygens (including phenoxy) is 2. The van der Waals surface area contributed by atoms with Crippen molar-refractivity contribution in [1.29, 1.82) is 0 Å².